The van der Waals surface area contributed by atoms with Crippen molar-refractivity contribution in [2.45, 2.75) is 18.2 Å². The Morgan fingerprint density at radius 2 is 1.88 bits per heavy atom. The van der Waals surface area contributed by atoms with Crippen LogP contribution < -0.4 is 0 Å². The Bertz CT molecular complexity index is 771. The summed E-state index contributed by atoms with van der Waals surface area (Å²) in [7, 11) is -3.79. The van der Waals surface area contributed by atoms with E-state index in [1.807, 2.05) is 6.92 Å². The molecule has 9 heteroatoms. The van der Waals surface area contributed by atoms with Crippen molar-refractivity contribution >= 4 is 21.6 Å². The van der Waals surface area contributed by atoms with Crippen molar-refractivity contribution in [1.29, 1.82) is 0 Å². The van der Waals surface area contributed by atoms with Gasteiger partial charge in [-0.15, -0.1) is 0 Å². The van der Waals surface area contributed by atoms with Gasteiger partial charge in [0.2, 0.25) is 15.9 Å². The van der Waals surface area contributed by atoms with Crippen LogP contribution in [0.15, 0.2) is 29.2 Å². The largest absolute Gasteiger partial charge is 0.340 e. The van der Waals surface area contributed by atoms with Crippen molar-refractivity contribution in [3.8, 4) is 0 Å². The quantitative estimate of drug-likeness (QED) is 0.595. The number of benzene rings is 1. The van der Waals surface area contributed by atoms with E-state index in [-0.39, 0.29) is 35.5 Å². The summed E-state index contributed by atoms with van der Waals surface area (Å²) in [6, 6.07) is 5.04. The van der Waals surface area contributed by atoms with Crippen LogP contribution in [-0.4, -0.2) is 54.6 Å². The summed E-state index contributed by atoms with van der Waals surface area (Å²) in [5.41, 5.74) is -0.257. The number of amides is 1. The van der Waals surface area contributed by atoms with E-state index in [4.69, 9.17) is 0 Å². The van der Waals surface area contributed by atoms with Gasteiger partial charge in [0.05, 0.1) is 9.82 Å². The lowest BCUT2D eigenvalue weighted by Gasteiger charge is -2.34. The van der Waals surface area contributed by atoms with Gasteiger partial charge < -0.3 is 4.90 Å². The maximum Gasteiger partial charge on any atom is 0.270 e. The van der Waals surface area contributed by atoms with Crippen molar-refractivity contribution in [2.75, 3.05) is 26.2 Å². The summed E-state index contributed by atoms with van der Waals surface area (Å²) in [6.07, 6.45) is 0.908. The third kappa shape index (κ3) is 3.13. The molecular weight excluding hydrogens is 334 g/mol. The Morgan fingerprint density at radius 3 is 2.42 bits per heavy atom. The fourth-order valence-corrected chi connectivity index (χ4v) is 4.42. The van der Waals surface area contributed by atoms with E-state index in [0.29, 0.717) is 19.0 Å². The number of non-ortho nitro benzene ring substituents is 1. The average molecular weight is 353 g/mol. The van der Waals surface area contributed by atoms with E-state index < -0.39 is 14.9 Å². The van der Waals surface area contributed by atoms with E-state index in [9.17, 15) is 23.3 Å². The van der Waals surface area contributed by atoms with Crippen LogP contribution in [0.1, 0.15) is 13.3 Å². The second kappa shape index (κ2) is 6.14. The molecule has 2 aliphatic rings. The van der Waals surface area contributed by atoms with Crippen LogP contribution in [0.3, 0.4) is 0 Å². The third-order valence-corrected chi connectivity index (χ3v) is 6.54. The molecule has 1 heterocycles. The first-order valence-electron chi connectivity index (χ1n) is 7.84. The molecule has 0 spiro atoms. The highest BCUT2D eigenvalue weighted by Gasteiger charge is 2.42. The SMILES string of the molecule is C[C@@H]1C[C@@H]1C(=O)N1CCN(S(=O)(=O)c2cccc([N+](=O)[O-])c2)CC1. The minimum Gasteiger partial charge on any atom is -0.340 e. The van der Waals surface area contributed by atoms with E-state index in [1.165, 1.54) is 22.5 Å². The molecule has 130 valence electrons. The molecule has 2 atom stereocenters. The molecule has 0 radical (unpaired) electrons. The average Bonchev–Trinajstić information content (AvgIpc) is 3.31. The smallest absolute Gasteiger partial charge is 0.270 e. The van der Waals surface area contributed by atoms with Gasteiger partial charge in [0.25, 0.3) is 5.69 Å². The molecule has 8 nitrogen and oxygen atoms in total. The minimum atomic E-state index is -3.79. The molecular formula is C15H19N3O5S. The van der Waals surface area contributed by atoms with E-state index in [0.717, 1.165) is 12.5 Å². The first-order chi connectivity index (χ1) is 11.3. The van der Waals surface area contributed by atoms with Crippen molar-refractivity contribution in [2.24, 2.45) is 11.8 Å². The van der Waals surface area contributed by atoms with E-state index in [2.05, 4.69) is 0 Å². The molecule has 3 rings (SSSR count). The van der Waals surface area contributed by atoms with Gasteiger partial charge in [-0.1, -0.05) is 13.0 Å². The predicted octanol–water partition coefficient (Wildman–Crippen LogP) is 1.08. The maximum absolute atomic E-state index is 12.6. The summed E-state index contributed by atoms with van der Waals surface area (Å²) < 4.78 is 26.6. The van der Waals surface area contributed by atoms with Crippen LogP contribution in [-0.2, 0) is 14.8 Å². The Balaban J connectivity index is 1.70. The number of rotatable bonds is 4. The molecule has 1 aromatic carbocycles. The van der Waals surface area contributed by atoms with Gasteiger partial charge >= 0.3 is 0 Å². The standard InChI is InChI=1S/C15H19N3O5S/c1-11-9-14(11)15(19)16-5-7-17(8-6-16)24(22,23)13-4-2-3-12(10-13)18(20)21/h2-4,10-11,14H,5-9H2,1H3/t11-,14+/m1/s1. The Kier molecular flexibility index (Phi) is 4.31. The van der Waals surface area contributed by atoms with E-state index in [1.54, 1.807) is 4.90 Å². The summed E-state index contributed by atoms with van der Waals surface area (Å²) >= 11 is 0. The molecule has 2 fully saturated rings. The van der Waals surface area contributed by atoms with Crippen LogP contribution in [0.2, 0.25) is 0 Å². The zero-order valence-electron chi connectivity index (χ0n) is 13.3. The number of hydrogen-bond donors (Lipinski definition) is 0. The third-order valence-electron chi connectivity index (χ3n) is 4.64. The number of sulfonamides is 1. The van der Waals surface area contributed by atoms with Gasteiger partial charge in [-0.2, -0.15) is 4.31 Å². The second-order valence-electron chi connectivity index (χ2n) is 6.30. The van der Waals surface area contributed by atoms with Crippen LogP contribution in [0.5, 0.6) is 0 Å². The van der Waals surface area contributed by atoms with Crippen LogP contribution in [0.4, 0.5) is 5.69 Å². The molecule has 24 heavy (non-hydrogen) atoms. The highest BCUT2D eigenvalue weighted by Crippen LogP contribution is 2.39. The Labute approximate surface area is 140 Å². The van der Waals surface area contributed by atoms with Crippen molar-refractivity contribution in [3.63, 3.8) is 0 Å². The van der Waals surface area contributed by atoms with Crippen LogP contribution in [0.25, 0.3) is 0 Å². The van der Waals surface area contributed by atoms with Gasteiger partial charge in [-0.25, -0.2) is 8.42 Å². The predicted molar refractivity (Wildman–Crippen MR) is 85.7 cm³/mol. The molecule has 1 aliphatic heterocycles. The first-order valence-corrected chi connectivity index (χ1v) is 9.28. The molecule has 0 aromatic heterocycles. The van der Waals surface area contributed by atoms with Gasteiger partial charge in [0, 0.05) is 44.2 Å². The Morgan fingerprint density at radius 1 is 1.25 bits per heavy atom. The molecule has 0 bridgehead atoms. The van der Waals surface area contributed by atoms with Gasteiger partial charge in [-0.05, 0) is 18.4 Å². The summed E-state index contributed by atoms with van der Waals surface area (Å²) in [4.78, 5) is 24.0. The zero-order chi connectivity index (χ0) is 17.5. The van der Waals surface area contributed by atoms with Crippen molar-refractivity contribution in [3.05, 3.63) is 34.4 Å². The number of carbonyl (C=O) groups is 1. The molecule has 1 aliphatic carbocycles. The normalized spacial score (nSPS) is 24.6. The zero-order valence-corrected chi connectivity index (χ0v) is 14.1. The lowest BCUT2D eigenvalue weighted by atomic mass is 10.2. The number of hydrogen-bond acceptors (Lipinski definition) is 5. The number of nitro benzene ring substituents is 1. The van der Waals surface area contributed by atoms with Gasteiger partial charge in [0.1, 0.15) is 0 Å². The Hall–Kier alpha value is -2.00. The van der Waals surface area contributed by atoms with Gasteiger partial charge in [-0.3, -0.25) is 14.9 Å². The highest BCUT2D eigenvalue weighted by atomic mass is 32.2. The maximum atomic E-state index is 12.6. The molecule has 1 saturated carbocycles. The van der Waals surface area contributed by atoms with Crippen molar-refractivity contribution < 1.29 is 18.1 Å². The van der Waals surface area contributed by atoms with Crippen LogP contribution >= 0.6 is 0 Å². The monoisotopic (exact) mass is 353 g/mol. The summed E-state index contributed by atoms with van der Waals surface area (Å²) in [6.45, 7) is 3.16. The molecule has 1 amide bonds. The first kappa shape index (κ1) is 16.8. The summed E-state index contributed by atoms with van der Waals surface area (Å²) in [5.74, 6) is 0.615. The number of nitrogens with zero attached hydrogens (tertiary/aromatic N) is 3. The fourth-order valence-electron chi connectivity index (χ4n) is 2.96. The number of nitro groups is 1. The lowest BCUT2D eigenvalue weighted by molar-refractivity contribution is -0.385. The number of carbonyl (C=O) groups excluding carboxylic acids is 1. The minimum absolute atomic E-state index is 0.0879. The molecule has 0 N–H and O–H groups in total. The lowest BCUT2D eigenvalue weighted by Crippen LogP contribution is -2.51. The van der Waals surface area contributed by atoms with Crippen LogP contribution in [0, 0.1) is 22.0 Å². The molecule has 0 unspecified atom stereocenters. The molecule has 1 aromatic rings. The fraction of sp³-hybridized carbons (Fsp3) is 0.533. The summed E-state index contributed by atoms with van der Waals surface area (Å²) in [5, 5.41) is 10.8. The second-order valence-corrected chi connectivity index (χ2v) is 8.24. The van der Waals surface area contributed by atoms with Crippen molar-refractivity contribution in [1.82, 2.24) is 9.21 Å². The number of piperazine rings is 1. The van der Waals surface area contributed by atoms with E-state index >= 15 is 0 Å². The molecule has 1 saturated heterocycles. The van der Waals surface area contributed by atoms with Gasteiger partial charge in [0.15, 0.2) is 0 Å². The highest BCUT2D eigenvalue weighted by molar-refractivity contribution is 7.89. The topological polar surface area (TPSA) is 101 Å².